The smallest absolute Gasteiger partial charge is 0.269 e. The minimum Gasteiger partial charge on any atom is -0.269 e. The Balaban J connectivity index is 1.61. The predicted molar refractivity (Wildman–Crippen MR) is 90.5 cm³/mol. The summed E-state index contributed by atoms with van der Waals surface area (Å²) in [6, 6.07) is 4.29. The summed E-state index contributed by atoms with van der Waals surface area (Å²) in [4.78, 5) is 42.6. The molecule has 1 fully saturated rings. The number of fused-ring (bicyclic) bond motifs is 1. The number of nitrogens with zero attached hydrogens (tertiary/aromatic N) is 5. The molecule has 0 aromatic heterocycles. The lowest BCUT2D eigenvalue weighted by atomic mass is 10.1. The van der Waals surface area contributed by atoms with Crippen molar-refractivity contribution >= 4 is 36.2 Å². The summed E-state index contributed by atoms with van der Waals surface area (Å²) in [5.74, 6) is -1.01. The van der Waals surface area contributed by atoms with E-state index in [0.717, 1.165) is 4.90 Å². The molecule has 26 heavy (non-hydrogen) atoms. The number of nitrogens with one attached hydrogen (secondary N) is 1. The molecule has 0 aliphatic carbocycles. The topological polar surface area (TPSA) is 97.4 Å². The number of hydrazone groups is 1. The van der Waals surface area contributed by atoms with E-state index in [1.807, 2.05) is 0 Å². The predicted octanol–water partition coefficient (Wildman–Crippen LogP) is -0.379. The average Bonchev–Trinajstić information content (AvgIpc) is 3.03. The number of hydrogen-bond donors (Lipinski definition) is 1. The average molecular weight is 359 g/mol. The number of urea groups is 1. The van der Waals surface area contributed by atoms with Crippen molar-refractivity contribution in [2.24, 2.45) is 10.1 Å². The number of imide groups is 1. The Bertz CT molecular complexity index is 861. The van der Waals surface area contributed by atoms with Crippen LogP contribution in [-0.4, -0.2) is 77.3 Å². The molecular weight excluding hydrogens is 343 g/mol. The van der Waals surface area contributed by atoms with Gasteiger partial charge in [0.1, 0.15) is 5.82 Å². The van der Waals surface area contributed by atoms with Crippen molar-refractivity contribution in [2.45, 2.75) is 6.04 Å². The van der Waals surface area contributed by atoms with E-state index in [-0.39, 0.29) is 18.2 Å². The van der Waals surface area contributed by atoms with Crippen molar-refractivity contribution in [3.05, 3.63) is 35.6 Å². The number of likely N-dealkylation sites (N-methyl/N-ethyl adjacent to an activating group) is 2. The highest BCUT2D eigenvalue weighted by Gasteiger charge is 2.50. The maximum atomic E-state index is 12.8. The van der Waals surface area contributed by atoms with Gasteiger partial charge in [-0.05, 0) is 22.7 Å². The van der Waals surface area contributed by atoms with Crippen molar-refractivity contribution in [2.75, 3.05) is 20.6 Å². The largest absolute Gasteiger partial charge is 0.333 e. The summed E-state index contributed by atoms with van der Waals surface area (Å²) >= 11 is 0. The van der Waals surface area contributed by atoms with Crippen molar-refractivity contribution in [3.8, 4) is 0 Å². The van der Waals surface area contributed by atoms with Crippen LogP contribution >= 0.6 is 0 Å². The van der Waals surface area contributed by atoms with Gasteiger partial charge in [0.2, 0.25) is 0 Å². The zero-order valence-electron chi connectivity index (χ0n) is 14.1. The van der Waals surface area contributed by atoms with Crippen LogP contribution in [0.2, 0.25) is 0 Å². The molecule has 0 saturated carbocycles. The number of rotatable bonds is 4. The van der Waals surface area contributed by atoms with Crippen molar-refractivity contribution in [1.82, 2.24) is 15.2 Å². The number of halogens is 1. The zero-order valence-corrected chi connectivity index (χ0v) is 14.1. The van der Waals surface area contributed by atoms with Crippen LogP contribution in [0.3, 0.4) is 0 Å². The number of amidine groups is 1. The summed E-state index contributed by atoms with van der Waals surface area (Å²) in [6.07, 6.45) is 2.73. The number of benzene rings is 1. The fourth-order valence-corrected chi connectivity index (χ4v) is 2.60. The van der Waals surface area contributed by atoms with E-state index >= 15 is 0 Å². The van der Waals surface area contributed by atoms with Gasteiger partial charge in [-0.15, -0.1) is 0 Å². The van der Waals surface area contributed by atoms with Gasteiger partial charge in [0.25, 0.3) is 30.0 Å². The van der Waals surface area contributed by atoms with Crippen molar-refractivity contribution in [3.63, 3.8) is 0 Å². The summed E-state index contributed by atoms with van der Waals surface area (Å²) in [5, 5.41) is 3.79. The van der Waals surface area contributed by atoms with Crippen LogP contribution in [0.15, 0.2) is 34.4 Å². The van der Waals surface area contributed by atoms with E-state index < -0.39 is 23.9 Å². The third-order valence-corrected chi connectivity index (χ3v) is 4.00. The Morgan fingerprint density at radius 2 is 2.00 bits per heavy atom. The Hall–Kier alpha value is -3.43. The van der Waals surface area contributed by atoms with Gasteiger partial charge in [0.15, 0.2) is 6.54 Å². The molecule has 1 saturated heterocycles. The van der Waals surface area contributed by atoms with E-state index in [1.54, 1.807) is 0 Å². The van der Waals surface area contributed by atoms with E-state index in [2.05, 4.69) is 15.5 Å². The maximum Gasteiger partial charge on any atom is 0.333 e. The lowest BCUT2D eigenvalue weighted by Crippen LogP contribution is -2.61. The minimum atomic E-state index is -0.825. The van der Waals surface area contributed by atoms with E-state index in [1.165, 1.54) is 60.4 Å². The molecule has 1 N–H and O–H groups in total. The highest BCUT2D eigenvalue weighted by molar-refractivity contribution is 6.21. The van der Waals surface area contributed by atoms with Gasteiger partial charge >= 0.3 is 6.03 Å². The second-order valence-electron chi connectivity index (χ2n) is 5.76. The molecule has 134 valence electrons. The number of hydrogen-bond acceptors (Lipinski definition) is 5. The number of aliphatic imine (C=N–C) groups is 1. The summed E-state index contributed by atoms with van der Waals surface area (Å²) in [7, 11) is 2.89. The van der Waals surface area contributed by atoms with Crippen LogP contribution in [0.5, 0.6) is 0 Å². The number of carbonyl (C=O) groups is 3. The van der Waals surface area contributed by atoms with Crippen LogP contribution < -0.4 is 5.43 Å². The fourth-order valence-electron chi connectivity index (χ4n) is 2.60. The number of carbonyl (C=O) groups excluding carboxylic acids is 3. The van der Waals surface area contributed by atoms with Crippen LogP contribution in [0.25, 0.3) is 0 Å². The van der Waals surface area contributed by atoms with Gasteiger partial charge in [-0.1, -0.05) is 12.1 Å². The van der Waals surface area contributed by atoms with Crippen LogP contribution in [0, 0.1) is 5.82 Å². The Morgan fingerprint density at radius 1 is 1.31 bits per heavy atom. The summed E-state index contributed by atoms with van der Waals surface area (Å²) in [6.45, 7) is -0.167. The second-order valence-corrected chi connectivity index (χ2v) is 5.76. The first-order valence-corrected chi connectivity index (χ1v) is 7.68. The maximum absolute atomic E-state index is 12.8. The van der Waals surface area contributed by atoms with Gasteiger partial charge in [0.05, 0.1) is 6.21 Å². The van der Waals surface area contributed by atoms with E-state index in [9.17, 15) is 18.8 Å². The Labute approximate surface area is 148 Å². The van der Waals surface area contributed by atoms with Gasteiger partial charge in [-0.25, -0.2) is 19.2 Å². The SMILES string of the molecule is CN1C(=O)C2C(=NC=[N+]2CC(=O)N/N=C/c2ccc(F)cc2)N(C)C1=O. The third-order valence-electron chi connectivity index (χ3n) is 4.00. The van der Waals surface area contributed by atoms with Crippen LogP contribution in [-0.2, 0) is 9.59 Å². The monoisotopic (exact) mass is 359 g/mol. The van der Waals surface area contributed by atoms with Crippen LogP contribution in [0.1, 0.15) is 5.56 Å². The molecule has 0 bridgehead atoms. The molecule has 2 aliphatic rings. The molecule has 1 aromatic rings. The summed E-state index contributed by atoms with van der Waals surface area (Å²) < 4.78 is 14.3. The Morgan fingerprint density at radius 3 is 2.69 bits per heavy atom. The van der Waals surface area contributed by atoms with Gasteiger partial charge in [0, 0.05) is 14.1 Å². The molecule has 1 atom stereocenters. The van der Waals surface area contributed by atoms with Crippen molar-refractivity contribution < 1.29 is 23.3 Å². The first kappa shape index (κ1) is 17.4. The molecule has 0 spiro atoms. The normalized spacial score (nSPS) is 19.6. The molecule has 0 radical (unpaired) electrons. The molecular formula is C16H16FN6O3+. The lowest BCUT2D eigenvalue weighted by molar-refractivity contribution is -0.519. The highest BCUT2D eigenvalue weighted by Crippen LogP contribution is 2.16. The molecule has 1 unspecified atom stereocenters. The fraction of sp³-hybridized carbons (Fsp3) is 0.250. The minimum absolute atomic E-state index is 0.167. The van der Waals surface area contributed by atoms with Gasteiger partial charge in [-0.2, -0.15) is 5.10 Å². The van der Waals surface area contributed by atoms with Crippen molar-refractivity contribution in [1.29, 1.82) is 0 Å². The summed E-state index contributed by atoms with van der Waals surface area (Å²) in [5.41, 5.74) is 2.95. The number of amides is 4. The zero-order chi connectivity index (χ0) is 18.8. The molecule has 2 heterocycles. The standard InChI is InChI=1S/C16H15FN6O3/c1-21-14-13(15(25)22(2)16(21)26)23(9-18-14)8-12(24)20-19-7-10-3-5-11(17)6-4-10/h3-7,9,13H,8H2,1-2H3/p+1/b19-7+. The molecule has 2 aliphatic heterocycles. The van der Waals surface area contributed by atoms with E-state index in [4.69, 9.17) is 0 Å². The lowest BCUT2D eigenvalue weighted by Gasteiger charge is -2.30. The van der Waals surface area contributed by atoms with Crippen LogP contribution in [0.4, 0.5) is 9.18 Å². The first-order chi connectivity index (χ1) is 12.4. The Kier molecular flexibility index (Phi) is 4.57. The molecule has 1 aromatic carbocycles. The molecule has 9 nitrogen and oxygen atoms in total. The molecule has 10 heteroatoms. The van der Waals surface area contributed by atoms with Gasteiger partial charge in [-0.3, -0.25) is 19.4 Å². The van der Waals surface area contributed by atoms with E-state index in [0.29, 0.717) is 5.56 Å². The molecule has 3 rings (SSSR count). The molecule has 4 amide bonds. The first-order valence-electron chi connectivity index (χ1n) is 7.68. The quantitative estimate of drug-likeness (QED) is 0.451. The second kappa shape index (κ2) is 6.82. The highest BCUT2D eigenvalue weighted by atomic mass is 19.1. The third kappa shape index (κ3) is 3.21. The van der Waals surface area contributed by atoms with Gasteiger partial charge < -0.3 is 0 Å².